The van der Waals surface area contributed by atoms with E-state index in [1.165, 1.54) is 24.4 Å². The first-order chi connectivity index (χ1) is 8.60. The number of aromatic nitrogens is 1. The zero-order valence-electron chi connectivity index (χ0n) is 9.16. The molecule has 3 nitrogen and oxygen atoms in total. The minimum atomic E-state index is -0.346. The van der Waals surface area contributed by atoms with E-state index in [1.807, 2.05) is 0 Å². The van der Waals surface area contributed by atoms with E-state index in [1.54, 1.807) is 6.07 Å². The molecule has 0 spiro atoms. The van der Waals surface area contributed by atoms with Gasteiger partial charge < -0.3 is 10.5 Å². The Kier molecular flexibility index (Phi) is 4.16. The van der Waals surface area contributed by atoms with Gasteiger partial charge in [0.15, 0.2) is 0 Å². The van der Waals surface area contributed by atoms with Crippen LogP contribution in [0.15, 0.2) is 34.9 Å². The first-order valence-electron chi connectivity index (χ1n) is 5.07. The molecule has 0 fully saturated rings. The highest BCUT2D eigenvalue weighted by Gasteiger charge is 2.07. The highest BCUT2D eigenvalue weighted by Crippen LogP contribution is 2.30. The van der Waals surface area contributed by atoms with Crippen LogP contribution in [0.2, 0.25) is 5.02 Å². The lowest BCUT2D eigenvalue weighted by atomic mass is 10.2. The summed E-state index contributed by atoms with van der Waals surface area (Å²) in [4.78, 5) is 4.02. The van der Waals surface area contributed by atoms with Crippen molar-refractivity contribution in [1.82, 2.24) is 4.98 Å². The van der Waals surface area contributed by atoms with Crippen LogP contribution in [-0.2, 0) is 6.54 Å². The summed E-state index contributed by atoms with van der Waals surface area (Å²) < 4.78 is 19.0. The van der Waals surface area contributed by atoms with Crippen molar-refractivity contribution in [2.24, 2.45) is 5.73 Å². The number of nitrogens with zero attached hydrogens (tertiary/aromatic N) is 1. The van der Waals surface area contributed by atoms with Gasteiger partial charge >= 0.3 is 0 Å². The molecule has 2 aromatic rings. The Balaban J connectivity index is 2.28. The molecule has 0 bridgehead atoms. The maximum absolute atomic E-state index is 12.9. The van der Waals surface area contributed by atoms with Crippen molar-refractivity contribution < 1.29 is 9.13 Å². The van der Waals surface area contributed by atoms with E-state index in [2.05, 4.69) is 20.9 Å². The lowest BCUT2D eigenvalue weighted by Crippen LogP contribution is -1.99. The summed E-state index contributed by atoms with van der Waals surface area (Å²) in [6, 6.07) is 5.78. The predicted octanol–water partition coefficient (Wildman–Crippen LogP) is 3.89. The molecule has 0 saturated heterocycles. The van der Waals surface area contributed by atoms with Crippen molar-refractivity contribution in [3.05, 3.63) is 51.3 Å². The van der Waals surface area contributed by atoms with Gasteiger partial charge in [0.2, 0.25) is 5.88 Å². The van der Waals surface area contributed by atoms with Gasteiger partial charge in [-0.3, -0.25) is 0 Å². The van der Waals surface area contributed by atoms with Crippen LogP contribution in [0.1, 0.15) is 5.56 Å². The Labute approximate surface area is 117 Å². The lowest BCUT2D eigenvalue weighted by molar-refractivity contribution is 0.457. The predicted molar refractivity (Wildman–Crippen MR) is 71.3 cm³/mol. The second-order valence-electron chi connectivity index (χ2n) is 3.49. The van der Waals surface area contributed by atoms with Crippen molar-refractivity contribution in [2.45, 2.75) is 6.54 Å². The normalized spacial score (nSPS) is 10.4. The zero-order valence-corrected chi connectivity index (χ0v) is 11.5. The summed E-state index contributed by atoms with van der Waals surface area (Å²) in [5.74, 6) is 0.474. The molecule has 2 N–H and O–H groups in total. The molecule has 0 aliphatic rings. The number of hydrogen-bond donors (Lipinski definition) is 1. The molecule has 1 heterocycles. The fourth-order valence-corrected chi connectivity index (χ4v) is 1.95. The van der Waals surface area contributed by atoms with Gasteiger partial charge in [-0.25, -0.2) is 9.37 Å². The number of ether oxygens (including phenoxy) is 1. The summed E-state index contributed by atoms with van der Waals surface area (Å²) in [5.41, 5.74) is 6.27. The van der Waals surface area contributed by atoms with Gasteiger partial charge in [0.05, 0.1) is 9.50 Å². The van der Waals surface area contributed by atoms with Crippen LogP contribution in [-0.4, -0.2) is 4.98 Å². The van der Waals surface area contributed by atoms with E-state index in [4.69, 9.17) is 22.1 Å². The summed E-state index contributed by atoms with van der Waals surface area (Å²) in [7, 11) is 0. The zero-order chi connectivity index (χ0) is 13.1. The van der Waals surface area contributed by atoms with Gasteiger partial charge in [0, 0.05) is 18.8 Å². The summed E-state index contributed by atoms with van der Waals surface area (Å²) >= 11 is 9.11. The average molecular weight is 332 g/mol. The molecule has 6 heteroatoms. The van der Waals surface area contributed by atoms with Gasteiger partial charge in [0.25, 0.3) is 0 Å². The average Bonchev–Trinajstić information content (AvgIpc) is 2.35. The van der Waals surface area contributed by atoms with Crippen LogP contribution in [0.3, 0.4) is 0 Å². The molecular formula is C12H9BrClFN2O. The standard InChI is InChI=1S/C12H9BrClFN2O/c13-9-4-8(15)1-2-11(9)18-12-3-7(5-16)10(14)6-17-12/h1-4,6H,5,16H2. The number of benzene rings is 1. The van der Waals surface area contributed by atoms with Crippen molar-refractivity contribution in [1.29, 1.82) is 0 Å². The van der Waals surface area contributed by atoms with E-state index < -0.39 is 0 Å². The van der Waals surface area contributed by atoms with E-state index in [9.17, 15) is 4.39 Å². The summed E-state index contributed by atoms with van der Waals surface area (Å²) in [6.07, 6.45) is 1.47. The minimum Gasteiger partial charge on any atom is -0.438 e. The molecule has 0 saturated carbocycles. The van der Waals surface area contributed by atoms with Crippen molar-refractivity contribution in [3.63, 3.8) is 0 Å². The first kappa shape index (κ1) is 13.3. The Hall–Kier alpha value is -1.17. The molecule has 1 aromatic carbocycles. The maximum Gasteiger partial charge on any atom is 0.219 e. The molecule has 0 amide bonds. The number of pyridine rings is 1. The van der Waals surface area contributed by atoms with Gasteiger partial charge in [-0.05, 0) is 39.7 Å². The monoisotopic (exact) mass is 330 g/mol. The van der Waals surface area contributed by atoms with Crippen molar-refractivity contribution in [3.8, 4) is 11.6 Å². The van der Waals surface area contributed by atoms with Crippen LogP contribution in [0.5, 0.6) is 11.6 Å². The third-order valence-electron chi connectivity index (χ3n) is 2.24. The van der Waals surface area contributed by atoms with Crippen molar-refractivity contribution >= 4 is 27.5 Å². The number of nitrogens with two attached hydrogens (primary N) is 1. The fraction of sp³-hybridized carbons (Fsp3) is 0.0833. The van der Waals surface area contributed by atoms with Gasteiger partial charge in [-0.15, -0.1) is 0 Å². The van der Waals surface area contributed by atoms with Crippen LogP contribution in [0.4, 0.5) is 4.39 Å². The van der Waals surface area contributed by atoms with E-state index in [0.29, 0.717) is 27.7 Å². The van der Waals surface area contributed by atoms with Gasteiger partial charge in [-0.2, -0.15) is 0 Å². The second kappa shape index (κ2) is 5.65. The topological polar surface area (TPSA) is 48.1 Å². The van der Waals surface area contributed by atoms with Crippen LogP contribution < -0.4 is 10.5 Å². The molecule has 1 aromatic heterocycles. The largest absolute Gasteiger partial charge is 0.438 e. The van der Waals surface area contributed by atoms with Crippen LogP contribution in [0, 0.1) is 5.82 Å². The maximum atomic E-state index is 12.9. The van der Waals surface area contributed by atoms with Gasteiger partial charge in [-0.1, -0.05) is 11.6 Å². The Bertz CT molecular complexity index is 580. The third-order valence-corrected chi connectivity index (χ3v) is 3.20. The van der Waals surface area contributed by atoms with E-state index >= 15 is 0 Å². The Morgan fingerprint density at radius 1 is 1.39 bits per heavy atom. The number of halogens is 3. The summed E-state index contributed by atoms with van der Waals surface area (Å²) in [6.45, 7) is 0.294. The highest BCUT2D eigenvalue weighted by atomic mass is 79.9. The Morgan fingerprint density at radius 2 is 2.17 bits per heavy atom. The molecule has 0 atom stereocenters. The molecule has 94 valence electrons. The third kappa shape index (κ3) is 2.98. The Morgan fingerprint density at radius 3 is 2.83 bits per heavy atom. The van der Waals surface area contributed by atoms with Crippen LogP contribution >= 0.6 is 27.5 Å². The van der Waals surface area contributed by atoms with Gasteiger partial charge in [0.1, 0.15) is 11.6 Å². The number of rotatable bonds is 3. The highest BCUT2D eigenvalue weighted by molar-refractivity contribution is 9.10. The molecular weight excluding hydrogens is 322 g/mol. The van der Waals surface area contributed by atoms with Crippen molar-refractivity contribution in [2.75, 3.05) is 0 Å². The second-order valence-corrected chi connectivity index (χ2v) is 4.76. The minimum absolute atomic E-state index is 0.294. The van der Waals surface area contributed by atoms with Crippen LogP contribution in [0.25, 0.3) is 0 Å². The summed E-state index contributed by atoms with van der Waals surface area (Å²) in [5, 5.41) is 0.489. The molecule has 2 rings (SSSR count). The molecule has 0 radical (unpaired) electrons. The fourth-order valence-electron chi connectivity index (χ4n) is 1.34. The molecule has 0 unspecified atom stereocenters. The number of hydrogen-bond acceptors (Lipinski definition) is 3. The quantitative estimate of drug-likeness (QED) is 0.928. The SMILES string of the molecule is NCc1cc(Oc2ccc(F)cc2Br)ncc1Cl. The smallest absolute Gasteiger partial charge is 0.219 e. The molecule has 0 aliphatic heterocycles. The lowest BCUT2D eigenvalue weighted by Gasteiger charge is -2.08. The molecule has 18 heavy (non-hydrogen) atoms. The molecule has 0 aliphatic carbocycles. The first-order valence-corrected chi connectivity index (χ1v) is 6.24. The van der Waals surface area contributed by atoms with E-state index in [-0.39, 0.29) is 5.82 Å². The van der Waals surface area contributed by atoms with E-state index in [0.717, 1.165) is 5.56 Å².